The van der Waals surface area contributed by atoms with E-state index in [9.17, 15) is 5.11 Å². The monoisotopic (exact) mass is 458 g/mol. The first kappa shape index (κ1) is 24.5. The van der Waals surface area contributed by atoms with E-state index in [0.29, 0.717) is 13.2 Å². The maximum absolute atomic E-state index is 10.7. The summed E-state index contributed by atoms with van der Waals surface area (Å²) in [6.07, 6.45) is -0.515. The molecule has 1 heterocycles. The number of hydrogen-bond acceptors (Lipinski definition) is 4. The lowest BCUT2D eigenvalue weighted by molar-refractivity contribution is 0.0397. The molecule has 0 amide bonds. The van der Waals surface area contributed by atoms with Gasteiger partial charge in [-0.15, -0.1) is 0 Å². The van der Waals surface area contributed by atoms with Crippen LogP contribution >= 0.6 is 0 Å². The van der Waals surface area contributed by atoms with E-state index in [0.717, 1.165) is 31.9 Å². The Morgan fingerprint density at radius 2 is 1.29 bits per heavy atom. The molecule has 34 heavy (non-hydrogen) atoms. The number of ether oxygens (including phenoxy) is 1. The number of rotatable bonds is 8. The Morgan fingerprint density at radius 3 is 1.85 bits per heavy atom. The summed E-state index contributed by atoms with van der Waals surface area (Å²) in [5, 5.41) is 10.7. The third kappa shape index (κ3) is 6.26. The fourth-order valence-corrected chi connectivity index (χ4v) is 4.84. The summed E-state index contributed by atoms with van der Waals surface area (Å²) >= 11 is 0. The molecule has 1 aliphatic rings. The molecule has 1 atom stereocenters. The number of hydrogen-bond donors (Lipinski definition) is 1. The Labute approximate surface area is 204 Å². The van der Waals surface area contributed by atoms with Gasteiger partial charge in [0.25, 0.3) is 0 Å². The fraction of sp³-hybridized carbons (Fsp3) is 0.400. The molecule has 0 radical (unpaired) electrons. The van der Waals surface area contributed by atoms with Gasteiger partial charge in [0, 0.05) is 32.7 Å². The second-order valence-electron chi connectivity index (χ2n) is 10.3. The average Bonchev–Trinajstić information content (AvgIpc) is 2.85. The van der Waals surface area contributed by atoms with Crippen molar-refractivity contribution in [2.75, 3.05) is 39.3 Å². The molecule has 180 valence electrons. The highest BCUT2D eigenvalue weighted by atomic mass is 16.5. The minimum Gasteiger partial charge on any atom is -0.491 e. The van der Waals surface area contributed by atoms with E-state index in [1.54, 1.807) is 0 Å². The summed E-state index contributed by atoms with van der Waals surface area (Å²) in [7, 11) is 0. The van der Waals surface area contributed by atoms with Crippen molar-refractivity contribution in [3.8, 4) is 5.75 Å². The minimum absolute atomic E-state index is 0.00587. The van der Waals surface area contributed by atoms with Crippen molar-refractivity contribution < 1.29 is 9.84 Å². The third-order valence-corrected chi connectivity index (χ3v) is 6.60. The van der Waals surface area contributed by atoms with E-state index in [1.807, 2.05) is 18.2 Å². The van der Waals surface area contributed by atoms with E-state index in [1.165, 1.54) is 16.7 Å². The largest absolute Gasteiger partial charge is 0.491 e. The van der Waals surface area contributed by atoms with Crippen LogP contribution in [-0.4, -0.2) is 60.3 Å². The summed E-state index contributed by atoms with van der Waals surface area (Å²) in [5.41, 5.74) is 3.83. The Kier molecular flexibility index (Phi) is 8.04. The number of piperazine rings is 1. The summed E-state index contributed by atoms with van der Waals surface area (Å²) in [5.74, 6) is 0.868. The van der Waals surface area contributed by atoms with Crippen molar-refractivity contribution in [1.29, 1.82) is 0 Å². The van der Waals surface area contributed by atoms with Crippen LogP contribution in [0.25, 0.3) is 0 Å². The molecule has 0 aromatic heterocycles. The van der Waals surface area contributed by atoms with Crippen LogP contribution in [0.1, 0.15) is 43.5 Å². The number of nitrogens with zero attached hydrogens (tertiary/aromatic N) is 2. The van der Waals surface area contributed by atoms with E-state index in [4.69, 9.17) is 4.74 Å². The van der Waals surface area contributed by atoms with E-state index in [-0.39, 0.29) is 11.5 Å². The highest BCUT2D eigenvalue weighted by Crippen LogP contribution is 2.31. The second-order valence-corrected chi connectivity index (χ2v) is 10.3. The van der Waals surface area contributed by atoms with Crippen molar-refractivity contribution >= 4 is 0 Å². The lowest BCUT2D eigenvalue weighted by Crippen LogP contribution is -2.50. The zero-order chi connectivity index (χ0) is 24.0. The molecular weight excluding hydrogens is 420 g/mol. The molecule has 1 aliphatic heterocycles. The maximum atomic E-state index is 10.7. The van der Waals surface area contributed by atoms with Crippen molar-refractivity contribution in [3.05, 3.63) is 102 Å². The molecule has 0 spiro atoms. The molecule has 4 rings (SSSR count). The molecule has 4 nitrogen and oxygen atoms in total. The molecule has 0 bridgehead atoms. The first-order valence-electron chi connectivity index (χ1n) is 12.4. The average molecular weight is 459 g/mol. The summed E-state index contributed by atoms with van der Waals surface area (Å²) in [6, 6.07) is 29.9. The molecule has 3 aromatic carbocycles. The van der Waals surface area contributed by atoms with Crippen LogP contribution in [-0.2, 0) is 5.41 Å². The Hall–Kier alpha value is -2.66. The molecule has 1 saturated heterocycles. The lowest BCUT2D eigenvalue weighted by Gasteiger charge is -2.40. The predicted molar refractivity (Wildman–Crippen MR) is 139 cm³/mol. The van der Waals surface area contributed by atoms with Gasteiger partial charge < -0.3 is 9.84 Å². The van der Waals surface area contributed by atoms with E-state index in [2.05, 4.69) is 97.3 Å². The van der Waals surface area contributed by atoms with Gasteiger partial charge in [0.1, 0.15) is 18.5 Å². The predicted octanol–water partition coefficient (Wildman–Crippen LogP) is 5.13. The highest BCUT2D eigenvalue weighted by molar-refractivity contribution is 5.38. The van der Waals surface area contributed by atoms with Crippen molar-refractivity contribution in [2.45, 2.75) is 38.3 Å². The van der Waals surface area contributed by atoms with Crippen LogP contribution in [0.5, 0.6) is 5.75 Å². The van der Waals surface area contributed by atoms with Crippen molar-refractivity contribution in [2.24, 2.45) is 0 Å². The fourth-order valence-electron chi connectivity index (χ4n) is 4.84. The van der Waals surface area contributed by atoms with Gasteiger partial charge in [-0.25, -0.2) is 0 Å². The molecule has 0 saturated carbocycles. The number of benzene rings is 3. The van der Waals surface area contributed by atoms with Crippen LogP contribution in [0.3, 0.4) is 0 Å². The van der Waals surface area contributed by atoms with Crippen molar-refractivity contribution in [1.82, 2.24) is 9.80 Å². The first-order chi connectivity index (χ1) is 16.4. The van der Waals surface area contributed by atoms with Gasteiger partial charge in [-0.1, -0.05) is 99.6 Å². The summed E-state index contributed by atoms with van der Waals surface area (Å²) in [4.78, 5) is 4.91. The van der Waals surface area contributed by atoms with Crippen LogP contribution in [0, 0.1) is 0 Å². The van der Waals surface area contributed by atoms with Crippen LogP contribution in [0.4, 0.5) is 0 Å². The lowest BCUT2D eigenvalue weighted by atomic mass is 9.86. The Balaban J connectivity index is 1.33. The smallest absolute Gasteiger partial charge is 0.123 e. The summed E-state index contributed by atoms with van der Waals surface area (Å²) < 4.78 is 6.05. The van der Waals surface area contributed by atoms with Gasteiger partial charge in [-0.3, -0.25) is 9.80 Å². The van der Waals surface area contributed by atoms with Crippen LogP contribution in [0.15, 0.2) is 84.9 Å². The normalized spacial score (nSPS) is 16.5. The Morgan fingerprint density at radius 1 is 0.765 bits per heavy atom. The van der Waals surface area contributed by atoms with Gasteiger partial charge in [0.15, 0.2) is 0 Å². The molecular formula is C30H38N2O2. The maximum Gasteiger partial charge on any atom is 0.123 e. The summed E-state index contributed by atoms with van der Waals surface area (Å²) in [6.45, 7) is 11.3. The first-order valence-corrected chi connectivity index (χ1v) is 12.4. The highest BCUT2D eigenvalue weighted by Gasteiger charge is 2.27. The molecule has 0 unspecified atom stereocenters. The zero-order valence-corrected chi connectivity index (χ0v) is 20.7. The van der Waals surface area contributed by atoms with Gasteiger partial charge >= 0.3 is 0 Å². The zero-order valence-electron chi connectivity index (χ0n) is 20.7. The second kappa shape index (κ2) is 11.2. The van der Waals surface area contributed by atoms with E-state index < -0.39 is 6.10 Å². The van der Waals surface area contributed by atoms with E-state index >= 15 is 0 Å². The molecule has 1 fully saturated rings. The third-order valence-electron chi connectivity index (χ3n) is 6.60. The minimum atomic E-state index is -0.515. The molecule has 1 N–H and O–H groups in total. The number of β-amino-alcohol motifs (C(OH)–C–C–N with tert-alkyl or cyclic N) is 1. The van der Waals surface area contributed by atoms with Crippen LogP contribution in [0.2, 0.25) is 0 Å². The molecule has 3 aromatic rings. The molecule has 0 aliphatic carbocycles. The quantitative estimate of drug-likeness (QED) is 0.508. The number of aliphatic hydroxyl groups excluding tert-OH is 1. The SMILES string of the molecule is CC(C)(C)c1ccccc1OC[C@H](O)CN1CCN(C(c2ccccc2)c2ccccc2)CC1. The standard InChI is InChI=1S/C30H38N2O2/c1-30(2,3)27-16-10-11-17-28(27)34-23-26(33)22-31-18-20-32(21-19-31)29(24-12-6-4-7-13-24)25-14-8-5-9-15-25/h4-17,26,29,33H,18-23H2,1-3H3/t26-/m1/s1. The van der Waals surface area contributed by atoms with Gasteiger partial charge in [0.2, 0.25) is 0 Å². The van der Waals surface area contributed by atoms with Gasteiger partial charge in [-0.05, 0) is 28.2 Å². The van der Waals surface area contributed by atoms with Gasteiger partial charge in [0.05, 0.1) is 6.04 Å². The van der Waals surface area contributed by atoms with Crippen LogP contribution < -0.4 is 4.74 Å². The Bertz CT molecular complexity index is 969. The number of aliphatic hydroxyl groups is 1. The molecule has 4 heteroatoms. The topological polar surface area (TPSA) is 35.9 Å². The van der Waals surface area contributed by atoms with Gasteiger partial charge in [-0.2, -0.15) is 0 Å². The number of para-hydroxylation sites is 1. The van der Waals surface area contributed by atoms with Crippen molar-refractivity contribution in [3.63, 3.8) is 0 Å².